The zero-order valence-corrected chi connectivity index (χ0v) is 10.3. The quantitative estimate of drug-likeness (QED) is 0.813. The minimum atomic E-state index is 0.540. The monoisotopic (exact) mass is 256 g/mol. The summed E-state index contributed by atoms with van der Waals surface area (Å²) in [6.45, 7) is 2.18. The average molecular weight is 257 g/mol. The second kappa shape index (κ2) is 5.37. The molecular formula is C11H17BrN2. The fourth-order valence-corrected chi connectivity index (χ4v) is 1.69. The lowest BCUT2D eigenvalue weighted by atomic mass is 10.0. The normalized spacial score (nSPS) is 12.8. The SMILES string of the molecule is CNC(C)CCc1ccc(Br)cc1N. The van der Waals surface area contributed by atoms with Crippen LogP contribution in [0.25, 0.3) is 0 Å². The third-order valence-corrected chi connectivity index (χ3v) is 2.94. The molecule has 1 aromatic rings. The fourth-order valence-electron chi connectivity index (χ4n) is 1.31. The molecule has 1 unspecified atom stereocenters. The van der Waals surface area contributed by atoms with Crippen molar-refractivity contribution in [3.8, 4) is 0 Å². The molecule has 0 spiro atoms. The van der Waals surface area contributed by atoms with Crippen molar-refractivity contribution < 1.29 is 0 Å². The number of aryl methyl sites for hydroxylation is 1. The molecule has 0 saturated heterocycles. The average Bonchev–Trinajstić information content (AvgIpc) is 2.16. The zero-order valence-electron chi connectivity index (χ0n) is 8.68. The first-order chi connectivity index (χ1) is 6.63. The standard InChI is InChI=1S/C11H17BrN2/c1-8(14-2)3-4-9-5-6-10(12)7-11(9)13/h5-8,14H,3-4,13H2,1-2H3. The van der Waals surface area contributed by atoms with Gasteiger partial charge in [-0.2, -0.15) is 0 Å². The summed E-state index contributed by atoms with van der Waals surface area (Å²) in [5.74, 6) is 0. The summed E-state index contributed by atoms with van der Waals surface area (Å²) in [4.78, 5) is 0. The van der Waals surface area contributed by atoms with Gasteiger partial charge in [0.15, 0.2) is 0 Å². The molecule has 0 saturated carbocycles. The van der Waals surface area contributed by atoms with Crippen molar-refractivity contribution in [2.24, 2.45) is 0 Å². The first kappa shape index (κ1) is 11.5. The van der Waals surface area contributed by atoms with Crippen LogP contribution in [0.5, 0.6) is 0 Å². The van der Waals surface area contributed by atoms with Gasteiger partial charge in [0.05, 0.1) is 0 Å². The summed E-state index contributed by atoms with van der Waals surface area (Å²) < 4.78 is 1.04. The lowest BCUT2D eigenvalue weighted by molar-refractivity contribution is 0.565. The van der Waals surface area contributed by atoms with Crippen LogP contribution < -0.4 is 11.1 Å². The van der Waals surface area contributed by atoms with E-state index in [9.17, 15) is 0 Å². The summed E-state index contributed by atoms with van der Waals surface area (Å²) in [7, 11) is 1.98. The third-order valence-electron chi connectivity index (χ3n) is 2.45. The lowest BCUT2D eigenvalue weighted by Crippen LogP contribution is -2.21. The predicted octanol–water partition coefficient (Wildman–Crippen LogP) is 2.57. The molecule has 0 aliphatic rings. The highest BCUT2D eigenvalue weighted by atomic mass is 79.9. The Morgan fingerprint density at radius 1 is 1.50 bits per heavy atom. The second-order valence-corrected chi connectivity index (χ2v) is 4.49. The molecule has 0 aliphatic heterocycles. The van der Waals surface area contributed by atoms with E-state index < -0.39 is 0 Å². The van der Waals surface area contributed by atoms with E-state index in [1.165, 1.54) is 5.56 Å². The maximum absolute atomic E-state index is 5.90. The van der Waals surface area contributed by atoms with Gasteiger partial charge in [0.2, 0.25) is 0 Å². The molecule has 0 amide bonds. The predicted molar refractivity (Wildman–Crippen MR) is 65.4 cm³/mol. The van der Waals surface area contributed by atoms with Gasteiger partial charge < -0.3 is 11.1 Å². The number of nitrogens with two attached hydrogens (primary N) is 1. The molecule has 1 rings (SSSR count). The first-order valence-electron chi connectivity index (χ1n) is 4.84. The molecule has 0 aliphatic carbocycles. The first-order valence-corrected chi connectivity index (χ1v) is 5.64. The van der Waals surface area contributed by atoms with Gasteiger partial charge >= 0.3 is 0 Å². The van der Waals surface area contributed by atoms with E-state index in [0.717, 1.165) is 23.0 Å². The summed E-state index contributed by atoms with van der Waals surface area (Å²) in [5.41, 5.74) is 8.01. The summed E-state index contributed by atoms with van der Waals surface area (Å²) >= 11 is 3.40. The maximum Gasteiger partial charge on any atom is 0.0357 e. The van der Waals surface area contributed by atoms with Crippen molar-refractivity contribution in [1.29, 1.82) is 0 Å². The van der Waals surface area contributed by atoms with Crippen LogP contribution in [0.15, 0.2) is 22.7 Å². The number of rotatable bonds is 4. The van der Waals surface area contributed by atoms with E-state index in [-0.39, 0.29) is 0 Å². The molecule has 1 atom stereocenters. The Balaban J connectivity index is 2.59. The molecule has 3 N–H and O–H groups in total. The number of hydrogen-bond donors (Lipinski definition) is 2. The van der Waals surface area contributed by atoms with E-state index in [1.54, 1.807) is 0 Å². The minimum Gasteiger partial charge on any atom is -0.398 e. The van der Waals surface area contributed by atoms with Crippen LogP contribution in [-0.2, 0) is 6.42 Å². The Hall–Kier alpha value is -0.540. The number of benzene rings is 1. The smallest absolute Gasteiger partial charge is 0.0357 e. The summed E-state index contributed by atoms with van der Waals surface area (Å²) in [6.07, 6.45) is 2.14. The van der Waals surface area contributed by atoms with Crippen molar-refractivity contribution >= 4 is 21.6 Å². The Morgan fingerprint density at radius 3 is 2.79 bits per heavy atom. The number of halogens is 1. The van der Waals surface area contributed by atoms with Gasteiger partial charge in [-0.25, -0.2) is 0 Å². The Morgan fingerprint density at radius 2 is 2.21 bits per heavy atom. The summed E-state index contributed by atoms with van der Waals surface area (Å²) in [6, 6.07) is 6.62. The van der Waals surface area contributed by atoms with Crippen molar-refractivity contribution in [2.75, 3.05) is 12.8 Å². The minimum absolute atomic E-state index is 0.540. The highest BCUT2D eigenvalue weighted by Crippen LogP contribution is 2.20. The molecule has 0 radical (unpaired) electrons. The van der Waals surface area contributed by atoms with Crippen LogP contribution in [-0.4, -0.2) is 13.1 Å². The van der Waals surface area contributed by atoms with E-state index in [2.05, 4.69) is 34.2 Å². The Kier molecular flexibility index (Phi) is 4.42. The molecule has 78 valence electrons. The maximum atomic E-state index is 5.90. The molecule has 2 nitrogen and oxygen atoms in total. The lowest BCUT2D eigenvalue weighted by Gasteiger charge is -2.11. The largest absolute Gasteiger partial charge is 0.398 e. The number of nitrogens with one attached hydrogen (secondary N) is 1. The van der Waals surface area contributed by atoms with Gasteiger partial charge in [-0.3, -0.25) is 0 Å². The van der Waals surface area contributed by atoms with E-state index in [4.69, 9.17) is 5.73 Å². The molecule has 14 heavy (non-hydrogen) atoms. The van der Waals surface area contributed by atoms with Crippen LogP contribution in [0.2, 0.25) is 0 Å². The van der Waals surface area contributed by atoms with Gasteiger partial charge in [0.25, 0.3) is 0 Å². The number of hydrogen-bond acceptors (Lipinski definition) is 2. The Bertz CT molecular complexity index is 299. The second-order valence-electron chi connectivity index (χ2n) is 3.57. The van der Waals surface area contributed by atoms with Crippen molar-refractivity contribution in [3.63, 3.8) is 0 Å². The fraction of sp³-hybridized carbons (Fsp3) is 0.455. The van der Waals surface area contributed by atoms with Gasteiger partial charge in [0, 0.05) is 16.2 Å². The summed E-state index contributed by atoms with van der Waals surface area (Å²) in [5, 5.41) is 3.22. The van der Waals surface area contributed by atoms with Crippen LogP contribution in [0.1, 0.15) is 18.9 Å². The molecule has 1 aromatic carbocycles. The van der Waals surface area contributed by atoms with E-state index >= 15 is 0 Å². The molecule has 0 heterocycles. The van der Waals surface area contributed by atoms with Crippen molar-refractivity contribution in [3.05, 3.63) is 28.2 Å². The number of nitrogen functional groups attached to an aromatic ring is 1. The Labute approximate surface area is 94.0 Å². The van der Waals surface area contributed by atoms with Gasteiger partial charge in [0.1, 0.15) is 0 Å². The molecule has 3 heteroatoms. The molecule has 0 fully saturated rings. The highest BCUT2D eigenvalue weighted by molar-refractivity contribution is 9.10. The molecule has 0 bridgehead atoms. The van der Waals surface area contributed by atoms with Gasteiger partial charge in [-0.05, 0) is 44.5 Å². The van der Waals surface area contributed by atoms with Gasteiger partial charge in [-0.1, -0.05) is 22.0 Å². The van der Waals surface area contributed by atoms with Crippen LogP contribution in [0.3, 0.4) is 0 Å². The third kappa shape index (κ3) is 3.31. The molecule has 0 aromatic heterocycles. The highest BCUT2D eigenvalue weighted by Gasteiger charge is 2.02. The van der Waals surface area contributed by atoms with Crippen LogP contribution in [0, 0.1) is 0 Å². The van der Waals surface area contributed by atoms with Crippen LogP contribution in [0.4, 0.5) is 5.69 Å². The van der Waals surface area contributed by atoms with Crippen molar-refractivity contribution in [2.45, 2.75) is 25.8 Å². The number of anilines is 1. The molecular weight excluding hydrogens is 240 g/mol. The van der Waals surface area contributed by atoms with Gasteiger partial charge in [-0.15, -0.1) is 0 Å². The van der Waals surface area contributed by atoms with E-state index in [1.807, 2.05) is 19.2 Å². The van der Waals surface area contributed by atoms with E-state index in [0.29, 0.717) is 6.04 Å². The zero-order chi connectivity index (χ0) is 10.6. The van der Waals surface area contributed by atoms with Crippen LogP contribution >= 0.6 is 15.9 Å². The topological polar surface area (TPSA) is 38.0 Å². The van der Waals surface area contributed by atoms with Crippen molar-refractivity contribution in [1.82, 2.24) is 5.32 Å².